The molecule has 0 amide bonds. The fourth-order valence-electron chi connectivity index (χ4n) is 2.93. The van der Waals surface area contributed by atoms with E-state index in [9.17, 15) is 0 Å². The first kappa shape index (κ1) is 15.9. The molecular formula is C15H32N2O. The van der Waals surface area contributed by atoms with Crippen molar-refractivity contribution < 1.29 is 4.74 Å². The number of hydrogen-bond donors (Lipinski definition) is 1. The Hall–Kier alpha value is -0.120. The fraction of sp³-hybridized carbons (Fsp3) is 1.00. The van der Waals surface area contributed by atoms with Gasteiger partial charge in [0.05, 0.1) is 6.61 Å². The second-order valence-corrected chi connectivity index (χ2v) is 5.55. The number of nitrogens with one attached hydrogen (secondary N) is 1. The summed E-state index contributed by atoms with van der Waals surface area (Å²) in [5, 5.41) is 3.46. The SMILES string of the molecule is CCC(CC)CN(CC)CC1COCCC1NC. The van der Waals surface area contributed by atoms with Crippen LogP contribution in [0.4, 0.5) is 0 Å². The molecule has 0 saturated carbocycles. The molecule has 0 aromatic heterocycles. The molecule has 1 fully saturated rings. The molecule has 2 atom stereocenters. The van der Waals surface area contributed by atoms with Gasteiger partial charge in [0, 0.05) is 31.7 Å². The largest absolute Gasteiger partial charge is 0.381 e. The van der Waals surface area contributed by atoms with Crippen molar-refractivity contribution in [3.05, 3.63) is 0 Å². The van der Waals surface area contributed by atoms with Crippen molar-refractivity contribution in [3.63, 3.8) is 0 Å². The van der Waals surface area contributed by atoms with Crippen LogP contribution >= 0.6 is 0 Å². The van der Waals surface area contributed by atoms with Gasteiger partial charge < -0.3 is 15.0 Å². The summed E-state index contributed by atoms with van der Waals surface area (Å²) >= 11 is 0. The van der Waals surface area contributed by atoms with Crippen molar-refractivity contribution in [2.45, 2.75) is 46.1 Å². The van der Waals surface area contributed by atoms with Crippen molar-refractivity contribution in [3.8, 4) is 0 Å². The first-order valence-corrected chi connectivity index (χ1v) is 7.72. The van der Waals surface area contributed by atoms with Gasteiger partial charge in [-0.15, -0.1) is 0 Å². The maximum atomic E-state index is 5.65. The van der Waals surface area contributed by atoms with Gasteiger partial charge in [-0.2, -0.15) is 0 Å². The van der Waals surface area contributed by atoms with E-state index in [0.29, 0.717) is 12.0 Å². The van der Waals surface area contributed by atoms with E-state index in [2.05, 4.69) is 38.0 Å². The smallest absolute Gasteiger partial charge is 0.0521 e. The average molecular weight is 256 g/mol. The number of nitrogens with zero attached hydrogens (tertiary/aromatic N) is 1. The van der Waals surface area contributed by atoms with Gasteiger partial charge in [-0.25, -0.2) is 0 Å². The zero-order valence-corrected chi connectivity index (χ0v) is 12.7. The monoisotopic (exact) mass is 256 g/mol. The summed E-state index contributed by atoms with van der Waals surface area (Å²) < 4.78 is 5.65. The molecule has 3 heteroatoms. The van der Waals surface area contributed by atoms with Crippen LogP contribution in [-0.2, 0) is 4.74 Å². The molecule has 1 aliphatic heterocycles. The molecule has 0 aromatic rings. The lowest BCUT2D eigenvalue weighted by molar-refractivity contribution is 0.0169. The van der Waals surface area contributed by atoms with E-state index in [4.69, 9.17) is 4.74 Å². The predicted molar refractivity (Wildman–Crippen MR) is 78.0 cm³/mol. The molecule has 0 aliphatic carbocycles. The van der Waals surface area contributed by atoms with E-state index < -0.39 is 0 Å². The molecule has 0 radical (unpaired) electrons. The molecule has 1 aliphatic rings. The summed E-state index contributed by atoms with van der Waals surface area (Å²) in [5.74, 6) is 1.50. The van der Waals surface area contributed by atoms with E-state index in [1.54, 1.807) is 0 Å². The average Bonchev–Trinajstić information content (AvgIpc) is 2.43. The van der Waals surface area contributed by atoms with E-state index >= 15 is 0 Å². The van der Waals surface area contributed by atoms with Gasteiger partial charge in [0.25, 0.3) is 0 Å². The third kappa shape index (κ3) is 4.87. The lowest BCUT2D eigenvalue weighted by Gasteiger charge is -2.36. The first-order valence-electron chi connectivity index (χ1n) is 7.72. The minimum atomic E-state index is 0.634. The summed E-state index contributed by atoms with van der Waals surface area (Å²) in [6.45, 7) is 12.3. The minimum absolute atomic E-state index is 0.634. The van der Waals surface area contributed by atoms with Gasteiger partial charge in [-0.1, -0.05) is 33.6 Å². The Morgan fingerprint density at radius 1 is 1.28 bits per heavy atom. The molecule has 0 bridgehead atoms. The first-order chi connectivity index (χ1) is 8.74. The summed E-state index contributed by atoms with van der Waals surface area (Å²) in [7, 11) is 2.08. The van der Waals surface area contributed by atoms with Gasteiger partial charge in [0.2, 0.25) is 0 Å². The van der Waals surface area contributed by atoms with Crippen molar-refractivity contribution >= 4 is 0 Å². The van der Waals surface area contributed by atoms with Gasteiger partial charge in [-0.3, -0.25) is 0 Å². The summed E-state index contributed by atoms with van der Waals surface area (Å²) in [6.07, 6.45) is 3.75. The van der Waals surface area contributed by atoms with E-state index in [1.165, 1.54) is 25.9 Å². The van der Waals surface area contributed by atoms with Crippen molar-refractivity contribution in [1.29, 1.82) is 0 Å². The van der Waals surface area contributed by atoms with E-state index in [0.717, 1.165) is 32.1 Å². The molecule has 1 rings (SSSR count). The molecule has 1 N–H and O–H groups in total. The number of ether oxygens (including phenoxy) is 1. The van der Waals surface area contributed by atoms with E-state index in [-0.39, 0.29) is 0 Å². The van der Waals surface area contributed by atoms with Crippen molar-refractivity contribution in [1.82, 2.24) is 10.2 Å². The summed E-state index contributed by atoms with van der Waals surface area (Å²) in [5.41, 5.74) is 0. The predicted octanol–water partition coefficient (Wildman–Crippen LogP) is 2.37. The van der Waals surface area contributed by atoms with Crippen LogP contribution in [0, 0.1) is 11.8 Å². The Labute approximate surface area is 113 Å². The van der Waals surface area contributed by atoms with Crippen LogP contribution in [0.5, 0.6) is 0 Å². The Kier molecular flexibility index (Phi) is 7.87. The fourth-order valence-corrected chi connectivity index (χ4v) is 2.93. The number of rotatable bonds is 8. The molecule has 0 spiro atoms. The Morgan fingerprint density at radius 2 is 2.00 bits per heavy atom. The Bertz CT molecular complexity index is 207. The summed E-state index contributed by atoms with van der Waals surface area (Å²) in [6, 6.07) is 0.634. The van der Waals surface area contributed by atoms with Crippen molar-refractivity contribution in [2.24, 2.45) is 11.8 Å². The third-order valence-electron chi connectivity index (χ3n) is 4.46. The van der Waals surface area contributed by atoms with Gasteiger partial charge in [0.1, 0.15) is 0 Å². The lowest BCUT2D eigenvalue weighted by Crippen LogP contribution is -2.47. The Balaban J connectivity index is 2.44. The molecule has 1 heterocycles. The van der Waals surface area contributed by atoms with Crippen LogP contribution in [0.1, 0.15) is 40.0 Å². The zero-order valence-electron chi connectivity index (χ0n) is 12.7. The second kappa shape index (κ2) is 8.89. The van der Waals surface area contributed by atoms with E-state index in [1.807, 2.05) is 0 Å². The zero-order chi connectivity index (χ0) is 13.4. The van der Waals surface area contributed by atoms with Crippen LogP contribution in [-0.4, -0.2) is 50.8 Å². The maximum absolute atomic E-state index is 5.65. The third-order valence-corrected chi connectivity index (χ3v) is 4.46. The maximum Gasteiger partial charge on any atom is 0.0521 e. The quantitative estimate of drug-likeness (QED) is 0.721. The van der Waals surface area contributed by atoms with Crippen molar-refractivity contribution in [2.75, 3.05) is 39.9 Å². The van der Waals surface area contributed by atoms with Gasteiger partial charge in [-0.05, 0) is 25.9 Å². The molecule has 108 valence electrons. The molecule has 2 unspecified atom stereocenters. The highest BCUT2D eigenvalue weighted by atomic mass is 16.5. The van der Waals surface area contributed by atoms with Crippen LogP contribution in [0.3, 0.4) is 0 Å². The number of hydrogen-bond acceptors (Lipinski definition) is 3. The lowest BCUT2D eigenvalue weighted by atomic mass is 9.94. The topological polar surface area (TPSA) is 24.5 Å². The normalized spacial score (nSPS) is 25.0. The van der Waals surface area contributed by atoms with Crippen LogP contribution in [0.25, 0.3) is 0 Å². The molecule has 1 saturated heterocycles. The molecular weight excluding hydrogens is 224 g/mol. The summed E-state index contributed by atoms with van der Waals surface area (Å²) in [4.78, 5) is 2.61. The van der Waals surface area contributed by atoms with Crippen LogP contribution < -0.4 is 5.32 Å². The highest BCUT2D eigenvalue weighted by Gasteiger charge is 2.26. The minimum Gasteiger partial charge on any atom is -0.381 e. The Morgan fingerprint density at radius 3 is 2.56 bits per heavy atom. The van der Waals surface area contributed by atoms with Crippen LogP contribution in [0.15, 0.2) is 0 Å². The molecule has 0 aromatic carbocycles. The standard InChI is InChI=1S/C15H32N2O/c1-5-13(6-2)10-17(7-3)11-14-12-18-9-8-15(14)16-4/h13-16H,5-12H2,1-4H3. The highest BCUT2D eigenvalue weighted by molar-refractivity contribution is 4.81. The van der Waals surface area contributed by atoms with Gasteiger partial charge >= 0.3 is 0 Å². The highest BCUT2D eigenvalue weighted by Crippen LogP contribution is 2.18. The second-order valence-electron chi connectivity index (χ2n) is 5.55. The van der Waals surface area contributed by atoms with Gasteiger partial charge in [0.15, 0.2) is 0 Å². The van der Waals surface area contributed by atoms with Crippen LogP contribution in [0.2, 0.25) is 0 Å². The molecule has 18 heavy (non-hydrogen) atoms. The molecule has 3 nitrogen and oxygen atoms in total.